The molecular formula is C18H14ClN3O2. The van der Waals surface area contributed by atoms with Gasteiger partial charge < -0.3 is 5.32 Å². The minimum atomic E-state index is -0.953. The van der Waals surface area contributed by atoms with Crippen LogP contribution in [0, 0.1) is 11.3 Å². The van der Waals surface area contributed by atoms with Crippen molar-refractivity contribution < 1.29 is 9.59 Å². The fourth-order valence-electron chi connectivity index (χ4n) is 2.62. The van der Waals surface area contributed by atoms with Crippen molar-refractivity contribution in [1.82, 2.24) is 5.32 Å². The van der Waals surface area contributed by atoms with Gasteiger partial charge in [0.15, 0.2) is 0 Å². The molecule has 1 fully saturated rings. The van der Waals surface area contributed by atoms with Crippen molar-refractivity contribution in [2.24, 2.45) is 0 Å². The third kappa shape index (κ3) is 2.61. The Kier molecular flexibility index (Phi) is 3.78. The van der Waals surface area contributed by atoms with Gasteiger partial charge in [0.1, 0.15) is 5.54 Å². The van der Waals surface area contributed by atoms with Crippen molar-refractivity contribution in [3.8, 4) is 17.2 Å². The van der Waals surface area contributed by atoms with Crippen molar-refractivity contribution in [1.29, 1.82) is 5.26 Å². The molecule has 3 rings (SSSR count). The van der Waals surface area contributed by atoms with E-state index in [0.29, 0.717) is 21.8 Å². The summed E-state index contributed by atoms with van der Waals surface area (Å²) < 4.78 is 0. The first-order valence-corrected chi connectivity index (χ1v) is 7.68. The molecular weight excluding hydrogens is 326 g/mol. The van der Waals surface area contributed by atoms with E-state index in [1.54, 1.807) is 56.3 Å². The summed E-state index contributed by atoms with van der Waals surface area (Å²) in [4.78, 5) is 25.7. The van der Waals surface area contributed by atoms with Gasteiger partial charge >= 0.3 is 6.03 Å². The molecule has 0 aliphatic carbocycles. The lowest BCUT2D eigenvalue weighted by molar-refractivity contribution is -0.121. The summed E-state index contributed by atoms with van der Waals surface area (Å²) in [6, 6.07) is 13.5. The lowest BCUT2D eigenvalue weighted by Crippen LogP contribution is -2.40. The number of hydrogen-bond donors (Lipinski definition) is 1. The highest BCUT2D eigenvalue weighted by molar-refractivity contribution is 6.30. The van der Waals surface area contributed by atoms with E-state index in [2.05, 4.69) is 11.4 Å². The van der Waals surface area contributed by atoms with Crippen molar-refractivity contribution >= 4 is 29.2 Å². The number of nitriles is 1. The summed E-state index contributed by atoms with van der Waals surface area (Å²) >= 11 is 5.91. The van der Waals surface area contributed by atoms with Crippen LogP contribution < -0.4 is 10.2 Å². The van der Waals surface area contributed by atoms with Crippen molar-refractivity contribution in [2.45, 2.75) is 19.4 Å². The first-order chi connectivity index (χ1) is 11.3. The number of anilines is 1. The van der Waals surface area contributed by atoms with Gasteiger partial charge in [-0.05, 0) is 49.7 Å². The number of nitrogens with one attached hydrogen (secondary N) is 1. The van der Waals surface area contributed by atoms with Crippen LogP contribution in [0.4, 0.5) is 10.5 Å². The zero-order valence-corrected chi connectivity index (χ0v) is 13.9. The van der Waals surface area contributed by atoms with E-state index in [4.69, 9.17) is 11.6 Å². The molecule has 0 unspecified atom stereocenters. The van der Waals surface area contributed by atoms with Crippen LogP contribution in [0.15, 0.2) is 42.5 Å². The van der Waals surface area contributed by atoms with Gasteiger partial charge in [-0.25, -0.2) is 9.69 Å². The van der Waals surface area contributed by atoms with Gasteiger partial charge in [0.2, 0.25) is 0 Å². The summed E-state index contributed by atoms with van der Waals surface area (Å²) in [6.45, 7) is 3.30. The largest absolute Gasteiger partial charge is 0.329 e. The van der Waals surface area contributed by atoms with E-state index >= 15 is 0 Å². The lowest BCUT2D eigenvalue weighted by atomic mass is 9.99. The Hall–Kier alpha value is -2.84. The predicted octanol–water partition coefficient (Wildman–Crippen LogP) is 3.71. The van der Waals surface area contributed by atoms with E-state index in [1.807, 2.05) is 0 Å². The Bertz CT molecular complexity index is 882. The Morgan fingerprint density at radius 3 is 2.33 bits per heavy atom. The zero-order chi connectivity index (χ0) is 17.5. The number of halogens is 1. The third-order valence-electron chi connectivity index (χ3n) is 3.90. The molecule has 120 valence electrons. The molecule has 2 aromatic rings. The number of rotatable bonds is 2. The summed E-state index contributed by atoms with van der Waals surface area (Å²) in [5.74, 6) is -0.334. The monoisotopic (exact) mass is 339 g/mol. The second kappa shape index (κ2) is 5.66. The van der Waals surface area contributed by atoms with Crippen LogP contribution in [0.5, 0.6) is 0 Å². The number of nitrogens with zero attached hydrogens (tertiary/aromatic N) is 2. The minimum Gasteiger partial charge on any atom is -0.323 e. The maximum absolute atomic E-state index is 12.4. The van der Waals surface area contributed by atoms with E-state index in [9.17, 15) is 14.9 Å². The molecule has 2 aromatic carbocycles. The molecule has 0 aromatic heterocycles. The third-order valence-corrected chi connectivity index (χ3v) is 4.15. The van der Waals surface area contributed by atoms with Crippen molar-refractivity contribution in [2.75, 3.05) is 4.90 Å². The second-order valence-electron chi connectivity index (χ2n) is 6.04. The van der Waals surface area contributed by atoms with E-state index in [-0.39, 0.29) is 5.91 Å². The average molecular weight is 340 g/mol. The van der Waals surface area contributed by atoms with Gasteiger partial charge in [-0.15, -0.1) is 0 Å². The standard InChI is InChI=1S/C18H14ClN3O2/c1-18(2)16(23)22(17(24)21-18)14-8-5-12(10-20)15(9-14)11-3-6-13(19)7-4-11/h3-9H,1-2H3,(H,21,24). The number of amides is 3. The highest BCUT2D eigenvalue weighted by Crippen LogP contribution is 2.32. The van der Waals surface area contributed by atoms with Crippen LogP contribution in [-0.4, -0.2) is 17.5 Å². The molecule has 6 heteroatoms. The van der Waals surface area contributed by atoms with Crippen LogP contribution in [0.2, 0.25) is 5.02 Å². The molecule has 0 radical (unpaired) electrons. The number of benzene rings is 2. The maximum atomic E-state index is 12.4. The average Bonchev–Trinajstić information content (AvgIpc) is 2.75. The molecule has 1 aliphatic rings. The molecule has 0 saturated carbocycles. The first kappa shape index (κ1) is 16.0. The number of carbonyl (C=O) groups excluding carboxylic acids is 2. The Labute approximate surface area is 144 Å². The quantitative estimate of drug-likeness (QED) is 0.847. The molecule has 0 spiro atoms. The SMILES string of the molecule is CC1(C)NC(=O)N(c2ccc(C#N)c(-c3ccc(Cl)cc3)c2)C1=O. The summed E-state index contributed by atoms with van der Waals surface area (Å²) in [7, 11) is 0. The van der Waals surface area contributed by atoms with Gasteiger partial charge in [-0.3, -0.25) is 4.79 Å². The molecule has 5 nitrogen and oxygen atoms in total. The van der Waals surface area contributed by atoms with Gasteiger partial charge in [-0.1, -0.05) is 23.7 Å². The molecule has 1 heterocycles. The lowest BCUT2D eigenvalue weighted by Gasteiger charge is -2.17. The van der Waals surface area contributed by atoms with E-state index < -0.39 is 11.6 Å². The number of imide groups is 1. The highest BCUT2D eigenvalue weighted by atomic mass is 35.5. The van der Waals surface area contributed by atoms with E-state index in [0.717, 1.165) is 10.5 Å². The molecule has 3 amide bonds. The van der Waals surface area contributed by atoms with Crippen LogP contribution in [-0.2, 0) is 4.79 Å². The molecule has 0 atom stereocenters. The molecule has 24 heavy (non-hydrogen) atoms. The number of urea groups is 1. The van der Waals surface area contributed by atoms with Crippen molar-refractivity contribution in [3.63, 3.8) is 0 Å². The molecule has 1 N–H and O–H groups in total. The van der Waals surface area contributed by atoms with Gasteiger partial charge in [0, 0.05) is 10.6 Å². The highest BCUT2D eigenvalue weighted by Gasteiger charge is 2.45. The predicted molar refractivity (Wildman–Crippen MR) is 91.7 cm³/mol. The number of carbonyl (C=O) groups is 2. The maximum Gasteiger partial charge on any atom is 0.329 e. The fourth-order valence-corrected chi connectivity index (χ4v) is 2.75. The molecule has 1 saturated heterocycles. The van der Waals surface area contributed by atoms with Gasteiger partial charge in [0.25, 0.3) is 5.91 Å². The second-order valence-corrected chi connectivity index (χ2v) is 6.48. The smallest absolute Gasteiger partial charge is 0.323 e. The van der Waals surface area contributed by atoms with Crippen LogP contribution in [0.3, 0.4) is 0 Å². The van der Waals surface area contributed by atoms with Crippen LogP contribution >= 0.6 is 11.6 Å². The summed E-state index contributed by atoms with van der Waals surface area (Å²) in [5, 5.41) is 12.6. The Balaban J connectivity index is 2.11. The topological polar surface area (TPSA) is 73.2 Å². The van der Waals surface area contributed by atoms with Gasteiger partial charge in [-0.2, -0.15) is 5.26 Å². The summed E-state index contributed by atoms with van der Waals surface area (Å²) in [6.07, 6.45) is 0. The molecule has 1 aliphatic heterocycles. The summed E-state index contributed by atoms with van der Waals surface area (Å²) in [5.41, 5.74) is 1.34. The van der Waals surface area contributed by atoms with Crippen molar-refractivity contribution in [3.05, 3.63) is 53.1 Å². The molecule has 0 bridgehead atoms. The van der Waals surface area contributed by atoms with Crippen LogP contribution in [0.1, 0.15) is 19.4 Å². The van der Waals surface area contributed by atoms with E-state index in [1.165, 1.54) is 0 Å². The normalized spacial score (nSPS) is 16.0. The van der Waals surface area contributed by atoms with Crippen LogP contribution in [0.25, 0.3) is 11.1 Å². The fraction of sp³-hybridized carbons (Fsp3) is 0.167. The van der Waals surface area contributed by atoms with Gasteiger partial charge in [0.05, 0.1) is 17.3 Å². The number of hydrogen-bond acceptors (Lipinski definition) is 3. The Morgan fingerprint density at radius 2 is 1.79 bits per heavy atom. The Morgan fingerprint density at radius 1 is 1.12 bits per heavy atom. The first-order valence-electron chi connectivity index (χ1n) is 7.30. The minimum absolute atomic E-state index is 0.334. The zero-order valence-electron chi connectivity index (χ0n) is 13.1.